The van der Waals surface area contributed by atoms with Gasteiger partial charge >= 0.3 is 6.61 Å². The summed E-state index contributed by atoms with van der Waals surface area (Å²) in [5.41, 5.74) is -0.629. The minimum absolute atomic E-state index is 0.0126. The molecular weight excluding hydrogens is 328 g/mol. The van der Waals surface area contributed by atoms with Gasteiger partial charge in [-0.05, 0) is 18.2 Å². The molecule has 1 aromatic rings. The van der Waals surface area contributed by atoms with Gasteiger partial charge in [0.25, 0.3) is 0 Å². The fraction of sp³-hybridized carbons (Fsp3) is 0.500. The van der Waals surface area contributed by atoms with Crippen molar-refractivity contribution in [3.63, 3.8) is 0 Å². The maximum absolute atomic E-state index is 12.1. The molecule has 0 aromatic heterocycles. The number of nitrogens with one attached hydrogen (secondary N) is 1. The molecule has 0 unspecified atom stereocenters. The van der Waals surface area contributed by atoms with Crippen molar-refractivity contribution in [3.8, 4) is 5.75 Å². The minimum atomic E-state index is -3.86. The van der Waals surface area contributed by atoms with Gasteiger partial charge < -0.3 is 9.84 Å². The van der Waals surface area contributed by atoms with E-state index in [0.717, 1.165) is 18.2 Å². The zero-order chi connectivity index (χ0) is 16.3. The lowest BCUT2D eigenvalue weighted by atomic mass is 9.96. The molecule has 2 N–H and O–H groups in total. The third-order valence-electron chi connectivity index (χ3n) is 2.60. The van der Waals surface area contributed by atoms with Crippen LogP contribution in [0.15, 0.2) is 23.1 Å². The van der Waals surface area contributed by atoms with Crippen molar-refractivity contribution in [1.82, 2.24) is 4.72 Å². The van der Waals surface area contributed by atoms with Crippen LogP contribution in [0.25, 0.3) is 0 Å². The number of hydrogen-bond acceptors (Lipinski definition) is 4. The van der Waals surface area contributed by atoms with E-state index in [9.17, 15) is 17.2 Å². The molecule has 0 aliphatic carbocycles. The van der Waals surface area contributed by atoms with Crippen molar-refractivity contribution in [2.45, 2.75) is 25.4 Å². The van der Waals surface area contributed by atoms with E-state index >= 15 is 0 Å². The Hall–Kier alpha value is -0.960. The highest BCUT2D eigenvalue weighted by Crippen LogP contribution is 2.28. The van der Waals surface area contributed by atoms with Gasteiger partial charge in [0.05, 0.1) is 9.92 Å². The highest BCUT2D eigenvalue weighted by atomic mass is 35.5. The number of aliphatic hydroxyl groups is 1. The summed E-state index contributed by atoms with van der Waals surface area (Å²) in [6.07, 6.45) is 0. The molecule has 0 radical (unpaired) electrons. The molecule has 5 nitrogen and oxygen atoms in total. The van der Waals surface area contributed by atoms with Gasteiger partial charge in [-0.25, -0.2) is 13.1 Å². The first kappa shape index (κ1) is 18.1. The van der Waals surface area contributed by atoms with Crippen LogP contribution in [-0.2, 0) is 10.0 Å². The molecule has 21 heavy (non-hydrogen) atoms. The van der Waals surface area contributed by atoms with Gasteiger partial charge in [-0.2, -0.15) is 8.78 Å². The number of aliphatic hydroxyl groups excluding tert-OH is 1. The first-order chi connectivity index (χ1) is 9.57. The van der Waals surface area contributed by atoms with Crippen LogP contribution in [0.4, 0.5) is 8.78 Å². The van der Waals surface area contributed by atoms with E-state index in [2.05, 4.69) is 9.46 Å². The smallest absolute Gasteiger partial charge is 0.387 e. The molecule has 1 aromatic carbocycles. The van der Waals surface area contributed by atoms with Crippen molar-refractivity contribution in [3.05, 3.63) is 23.2 Å². The summed E-state index contributed by atoms with van der Waals surface area (Å²) in [5, 5.41) is 8.85. The van der Waals surface area contributed by atoms with Gasteiger partial charge in [-0.3, -0.25) is 0 Å². The van der Waals surface area contributed by atoms with E-state index < -0.39 is 22.0 Å². The molecule has 0 bridgehead atoms. The third kappa shape index (κ3) is 5.39. The van der Waals surface area contributed by atoms with E-state index in [1.807, 2.05) is 0 Å². The zero-order valence-electron chi connectivity index (χ0n) is 11.4. The molecule has 1 rings (SSSR count). The molecular formula is C12H16ClF2NO4S. The van der Waals surface area contributed by atoms with Gasteiger partial charge in [-0.1, -0.05) is 25.4 Å². The monoisotopic (exact) mass is 343 g/mol. The number of halogens is 3. The van der Waals surface area contributed by atoms with Crippen LogP contribution in [0.1, 0.15) is 13.8 Å². The minimum Gasteiger partial charge on any atom is -0.433 e. The van der Waals surface area contributed by atoms with Gasteiger partial charge in [0.2, 0.25) is 10.0 Å². The number of benzene rings is 1. The summed E-state index contributed by atoms with van der Waals surface area (Å²) in [5.74, 6) is -0.304. The second-order valence-electron chi connectivity index (χ2n) is 5.12. The average molecular weight is 344 g/mol. The molecule has 0 heterocycles. The number of rotatable bonds is 7. The topological polar surface area (TPSA) is 75.6 Å². The standard InChI is InChI=1S/C12H16ClF2NO4S/c1-12(2,7-17)6-16-21(18,19)8-3-4-10(9(13)5-8)20-11(14)15/h3-5,11,16-17H,6-7H2,1-2H3. The number of sulfonamides is 1. The number of hydrogen-bond donors (Lipinski definition) is 2. The second kappa shape index (κ2) is 6.87. The molecule has 0 aliphatic heterocycles. The number of ether oxygens (including phenoxy) is 1. The largest absolute Gasteiger partial charge is 0.433 e. The Balaban J connectivity index is 2.92. The molecule has 0 saturated heterocycles. The van der Waals surface area contributed by atoms with Crippen molar-refractivity contribution in [1.29, 1.82) is 0 Å². The van der Waals surface area contributed by atoms with Gasteiger partial charge in [0.15, 0.2) is 0 Å². The predicted octanol–water partition coefficient (Wildman–Crippen LogP) is 2.24. The lowest BCUT2D eigenvalue weighted by Gasteiger charge is -2.21. The van der Waals surface area contributed by atoms with Gasteiger partial charge in [-0.15, -0.1) is 0 Å². The molecule has 0 saturated carbocycles. The van der Waals surface area contributed by atoms with Crippen molar-refractivity contribution >= 4 is 21.6 Å². The Bertz CT molecular complexity index is 593. The second-order valence-corrected chi connectivity index (χ2v) is 7.29. The summed E-state index contributed by atoms with van der Waals surface area (Å²) in [6, 6.07) is 3.19. The van der Waals surface area contributed by atoms with Crippen LogP contribution in [-0.4, -0.2) is 33.3 Å². The van der Waals surface area contributed by atoms with Gasteiger partial charge in [0.1, 0.15) is 5.75 Å². The van der Waals surface area contributed by atoms with Crippen LogP contribution in [0.2, 0.25) is 5.02 Å². The average Bonchev–Trinajstić information content (AvgIpc) is 2.38. The highest BCUT2D eigenvalue weighted by molar-refractivity contribution is 7.89. The summed E-state index contributed by atoms with van der Waals surface area (Å²) < 4.78 is 54.7. The molecule has 0 spiro atoms. The molecule has 0 aliphatic rings. The molecule has 0 fully saturated rings. The molecule has 0 atom stereocenters. The Labute approximate surface area is 126 Å². The van der Waals surface area contributed by atoms with Crippen LogP contribution >= 0.6 is 11.6 Å². The lowest BCUT2D eigenvalue weighted by Crippen LogP contribution is -2.36. The predicted molar refractivity (Wildman–Crippen MR) is 74.1 cm³/mol. The Morgan fingerprint density at radius 3 is 2.52 bits per heavy atom. The Morgan fingerprint density at radius 2 is 2.05 bits per heavy atom. The molecule has 9 heteroatoms. The van der Waals surface area contributed by atoms with Crippen LogP contribution < -0.4 is 9.46 Å². The summed E-state index contributed by atoms with van der Waals surface area (Å²) >= 11 is 5.71. The highest BCUT2D eigenvalue weighted by Gasteiger charge is 2.22. The normalized spacial score (nSPS) is 12.7. The maximum atomic E-state index is 12.1. The van der Waals surface area contributed by atoms with Crippen molar-refractivity contribution < 1.29 is 27.0 Å². The first-order valence-electron chi connectivity index (χ1n) is 5.92. The lowest BCUT2D eigenvalue weighted by molar-refractivity contribution is -0.0498. The zero-order valence-corrected chi connectivity index (χ0v) is 13.0. The van der Waals surface area contributed by atoms with E-state index in [1.54, 1.807) is 13.8 Å². The fourth-order valence-electron chi connectivity index (χ4n) is 1.27. The van der Waals surface area contributed by atoms with E-state index in [0.29, 0.717) is 0 Å². The maximum Gasteiger partial charge on any atom is 0.387 e. The third-order valence-corrected chi connectivity index (χ3v) is 4.29. The Morgan fingerprint density at radius 1 is 1.43 bits per heavy atom. The fourth-order valence-corrected chi connectivity index (χ4v) is 2.83. The molecule has 120 valence electrons. The van der Waals surface area contributed by atoms with Crippen molar-refractivity contribution in [2.75, 3.05) is 13.2 Å². The van der Waals surface area contributed by atoms with Gasteiger partial charge in [0, 0.05) is 18.6 Å². The van der Waals surface area contributed by atoms with Crippen molar-refractivity contribution in [2.24, 2.45) is 5.41 Å². The van der Waals surface area contributed by atoms with Crippen LogP contribution in [0, 0.1) is 5.41 Å². The summed E-state index contributed by atoms with van der Waals surface area (Å²) in [4.78, 5) is -0.178. The quantitative estimate of drug-likeness (QED) is 0.796. The first-order valence-corrected chi connectivity index (χ1v) is 7.78. The SMILES string of the molecule is CC(C)(CO)CNS(=O)(=O)c1ccc(OC(F)F)c(Cl)c1. The molecule has 0 amide bonds. The van der Waals surface area contributed by atoms with Crippen LogP contribution in [0.3, 0.4) is 0 Å². The Kier molecular flexibility index (Phi) is 5.92. The summed E-state index contributed by atoms with van der Waals surface area (Å²) in [6.45, 7) is 0.133. The van der Waals surface area contributed by atoms with E-state index in [-0.39, 0.29) is 28.8 Å². The van der Waals surface area contributed by atoms with E-state index in [4.69, 9.17) is 16.7 Å². The van der Waals surface area contributed by atoms with Crippen LogP contribution in [0.5, 0.6) is 5.75 Å². The van der Waals surface area contributed by atoms with E-state index in [1.165, 1.54) is 0 Å². The summed E-state index contributed by atoms with van der Waals surface area (Å²) in [7, 11) is -3.86. The number of alkyl halides is 2.